The maximum absolute atomic E-state index is 14.5. The molecule has 2 aliphatic carbocycles. The Morgan fingerprint density at radius 3 is 2.60 bits per heavy atom. The van der Waals surface area contributed by atoms with E-state index in [0.29, 0.717) is 44.3 Å². The number of methoxy groups -OCH3 is 1. The van der Waals surface area contributed by atoms with Crippen LogP contribution in [0, 0.1) is 11.8 Å². The fourth-order valence-electron chi connectivity index (χ4n) is 8.11. The van der Waals surface area contributed by atoms with Gasteiger partial charge in [0.25, 0.3) is 0 Å². The average Bonchev–Trinajstić information content (AvgIpc) is 3.60. The molecule has 5 atom stereocenters. The number of carbonyl (C=O) groups excluding carboxylic acids is 4. The first-order valence-electron chi connectivity index (χ1n) is 19.5. The minimum atomic E-state index is -1.18. The first-order valence-corrected chi connectivity index (χ1v) is 19.5. The summed E-state index contributed by atoms with van der Waals surface area (Å²) in [5, 5.41) is 18.3. The zero-order valence-electron chi connectivity index (χ0n) is 31.9. The Morgan fingerprint density at radius 1 is 1.11 bits per heavy atom. The highest BCUT2D eigenvalue weighted by molar-refractivity contribution is 5.96. The lowest BCUT2D eigenvalue weighted by atomic mass is 9.81. The lowest BCUT2D eigenvalue weighted by molar-refractivity contribution is -0.150. The number of ether oxygens (including phenoxy) is 3. The molecule has 2 saturated carbocycles. The predicted octanol–water partition coefficient (Wildman–Crippen LogP) is 6.22. The monoisotopic (exact) mass is 732 g/mol. The summed E-state index contributed by atoms with van der Waals surface area (Å²) in [4.78, 5) is 61.6. The standard InChI is InChI=1S/C41H56N4O8/c1-6-52-38(49)41-23-27(41)15-10-8-7-9-11-16-32(43-39(50)53-40(2,3)4)37(48)45-24-25(21-33(45)36(47)44-41)17-19-29-30-22-28(51-5)18-20-31(30)42-34(35(29)46)26-13-12-14-26/h10,15,18,20,22,25-27,32-33,46H,6-9,11-14,16-17,19,21,23-24H2,1-5H3,(H,43,50)(H,44,47). The number of nitrogens with zero attached hydrogens (tertiary/aromatic N) is 2. The molecule has 6 rings (SSSR count). The molecule has 2 aliphatic heterocycles. The predicted molar refractivity (Wildman–Crippen MR) is 199 cm³/mol. The molecule has 2 aromatic rings. The number of rotatable bonds is 8. The van der Waals surface area contributed by atoms with E-state index in [-0.39, 0.29) is 42.6 Å². The fraction of sp³-hybridized carbons (Fsp3) is 0.634. The maximum atomic E-state index is 14.5. The largest absolute Gasteiger partial charge is 0.506 e. The number of aryl methyl sites for hydroxylation is 1. The van der Waals surface area contributed by atoms with Crippen LogP contribution in [0.4, 0.5) is 4.79 Å². The lowest BCUT2D eigenvalue weighted by Gasteiger charge is -2.30. The second kappa shape index (κ2) is 15.9. The SMILES string of the molecule is CCOC(=O)C12CC1C=CCCCCCC(NC(=O)OC(C)(C)C)C(=O)N1CC(CCc3c(O)c(C4CCC4)nc4ccc(OC)cc34)CC1C(=O)N2. The average molecular weight is 733 g/mol. The van der Waals surface area contributed by atoms with E-state index >= 15 is 0 Å². The van der Waals surface area contributed by atoms with E-state index in [1.54, 1.807) is 39.7 Å². The molecule has 0 radical (unpaired) electrons. The lowest BCUT2D eigenvalue weighted by Crippen LogP contribution is -2.56. The number of pyridine rings is 1. The van der Waals surface area contributed by atoms with Crippen molar-refractivity contribution in [3.63, 3.8) is 0 Å². The van der Waals surface area contributed by atoms with E-state index in [4.69, 9.17) is 19.2 Å². The Balaban J connectivity index is 1.30. The zero-order chi connectivity index (χ0) is 37.9. The third-order valence-electron chi connectivity index (χ3n) is 11.3. The maximum Gasteiger partial charge on any atom is 0.408 e. The van der Waals surface area contributed by atoms with Crippen LogP contribution < -0.4 is 15.4 Å². The Labute approximate surface area is 312 Å². The van der Waals surface area contributed by atoms with Crippen molar-refractivity contribution in [2.45, 2.75) is 134 Å². The summed E-state index contributed by atoms with van der Waals surface area (Å²) in [6.07, 6.45) is 12.0. The smallest absolute Gasteiger partial charge is 0.408 e. The highest BCUT2D eigenvalue weighted by atomic mass is 16.6. The minimum absolute atomic E-state index is 0.107. The van der Waals surface area contributed by atoms with Gasteiger partial charge in [-0.3, -0.25) is 9.59 Å². The van der Waals surface area contributed by atoms with E-state index in [2.05, 4.69) is 16.7 Å². The molecule has 12 heteroatoms. The molecule has 3 N–H and O–H groups in total. The summed E-state index contributed by atoms with van der Waals surface area (Å²) in [5.74, 6) is -0.436. The van der Waals surface area contributed by atoms with Gasteiger partial charge >= 0.3 is 12.1 Å². The molecule has 1 aromatic carbocycles. The highest BCUT2D eigenvalue weighted by Crippen LogP contribution is 2.47. The molecular weight excluding hydrogens is 676 g/mol. The molecule has 0 bridgehead atoms. The summed E-state index contributed by atoms with van der Waals surface area (Å²) in [6, 6.07) is 3.94. The second-order valence-corrected chi connectivity index (χ2v) is 16.2. The van der Waals surface area contributed by atoms with Gasteiger partial charge in [0, 0.05) is 29.3 Å². The van der Waals surface area contributed by atoms with Crippen LogP contribution >= 0.6 is 0 Å². The van der Waals surface area contributed by atoms with Gasteiger partial charge in [-0.05, 0) is 110 Å². The van der Waals surface area contributed by atoms with Crippen LogP contribution in [0.1, 0.15) is 115 Å². The highest BCUT2D eigenvalue weighted by Gasteiger charge is 2.62. The fourth-order valence-corrected chi connectivity index (χ4v) is 8.11. The van der Waals surface area contributed by atoms with Crippen molar-refractivity contribution in [2.24, 2.45) is 11.8 Å². The molecule has 5 unspecified atom stereocenters. The number of amides is 3. The summed E-state index contributed by atoms with van der Waals surface area (Å²) in [6.45, 7) is 7.51. The van der Waals surface area contributed by atoms with E-state index < -0.39 is 41.2 Å². The first kappa shape index (κ1) is 38.4. The quantitative estimate of drug-likeness (QED) is 0.212. The molecule has 4 aliphatic rings. The van der Waals surface area contributed by atoms with Crippen LogP contribution in [-0.2, 0) is 30.3 Å². The van der Waals surface area contributed by atoms with Gasteiger partial charge in [-0.1, -0.05) is 31.4 Å². The zero-order valence-corrected chi connectivity index (χ0v) is 31.9. The number of allylic oxidation sites excluding steroid dienone is 1. The Kier molecular flexibility index (Phi) is 11.5. The van der Waals surface area contributed by atoms with Crippen molar-refractivity contribution in [1.29, 1.82) is 0 Å². The first-order chi connectivity index (χ1) is 25.3. The van der Waals surface area contributed by atoms with E-state index in [1.807, 2.05) is 24.3 Å². The summed E-state index contributed by atoms with van der Waals surface area (Å²) >= 11 is 0. The van der Waals surface area contributed by atoms with E-state index in [9.17, 15) is 24.3 Å². The molecule has 288 valence electrons. The molecule has 3 fully saturated rings. The van der Waals surface area contributed by atoms with Crippen molar-refractivity contribution >= 4 is 34.8 Å². The van der Waals surface area contributed by atoms with Gasteiger partial charge < -0.3 is 34.9 Å². The molecule has 12 nitrogen and oxygen atoms in total. The van der Waals surface area contributed by atoms with Crippen LogP contribution in [0.25, 0.3) is 10.9 Å². The van der Waals surface area contributed by atoms with Crippen LogP contribution in [-0.4, -0.2) is 82.4 Å². The number of fused-ring (bicyclic) bond motifs is 3. The molecular formula is C41H56N4O8. The molecule has 53 heavy (non-hydrogen) atoms. The molecule has 0 spiro atoms. The van der Waals surface area contributed by atoms with Crippen molar-refractivity contribution < 1.29 is 38.5 Å². The normalized spacial score (nSPS) is 26.7. The Hall–Kier alpha value is -4.35. The number of esters is 1. The van der Waals surface area contributed by atoms with Crippen LogP contribution in [0.3, 0.4) is 0 Å². The molecule has 1 saturated heterocycles. The number of hydrogen-bond acceptors (Lipinski definition) is 9. The van der Waals surface area contributed by atoms with Crippen molar-refractivity contribution in [3.05, 3.63) is 41.6 Å². The van der Waals surface area contributed by atoms with Crippen molar-refractivity contribution in [2.75, 3.05) is 20.3 Å². The van der Waals surface area contributed by atoms with E-state index in [0.717, 1.165) is 60.7 Å². The van der Waals surface area contributed by atoms with Gasteiger partial charge in [-0.15, -0.1) is 0 Å². The summed E-state index contributed by atoms with van der Waals surface area (Å²) in [7, 11) is 1.61. The summed E-state index contributed by atoms with van der Waals surface area (Å²) < 4.78 is 16.5. The van der Waals surface area contributed by atoms with Crippen molar-refractivity contribution in [1.82, 2.24) is 20.5 Å². The number of hydrogen-bond donors (Lipinski definition) is 3. The Morgan fingerprint density at radius 2 is 1.91 bits per heavy atom. The van der Waals surface area contributed by atoms with Crippen LogP contribution in [0.15, 0.2) is 30.4 Å². The number of carbonyl (C=O) groups is 4. The molecule has 3 heterocycles. The minimum Gasteiger partial charge on any atom is -0.506 e. The molecule has 3 amide bonds. The topological polar surface area (TPSA) is 156 Å². The summed E-state index contributed by atoms with van der Waals surface area (Å²) in [5.41, 5.74) is 0.375. The third-order valence-corrected chi connectivity index (χ3v) is 11.3. The van der Waals surface area contributed by atoms with Crippen LogP contribution in [0.5, 0.6) is 11.5 Å². The number of benzene rings is 1. The van der Waals surface area contributed by atoms with Gasteiger partial charge in [-0.2, -0.15) is 0 Å². The number of aromatic hydroxyl groups is 1. The number of nitrogens with one attached hydrogen (secondary N) is 2. The second-order valence-electron chi connectivity index (χ2n) is 16.2. The van der Waals surface area contributed by atoms with Crippen LogP contribution in [0.2, 0.25) is 0 Å². The van der Waals surface area contributed by atoms with E-state index in [1.165, 1.54) is 0 Å². The van der Waals surface area contributed by atoms with Crippen molar-refractivity contribution in [3.8, 4) is 11.5 Å². The van der Waals surface area contributed by atoms with Gasteiger partial charge in [0.1, 0.15) is 34.7 Å². The Bertz CT molecular complexity index is 1730. The van der Waals surface area contributed by atoms with Gasteiger partial charge in [0.15, 0.2) is 0 Å². The number of alkyl carbamates (subject to hydrolysis) is 1. The van der Waals surface area contributed by atoms with Gasteiger partial charge in [0.2, 0.25) is 11.8 Å². The third kappa shape index (κ3) is 8.57. The number of aromatic nitrogens is 1. The van der Waals surface area contributed by atoms with Gasteiger partial charge in [-0.25, -0.2) is 14.6 Å². The van der Waals surface area contributed by atoms with Gasteiger partial charge in [0.05, 0.1) is 24.9 Å². The molecule has 1 aromatic heterocycles.